The predicted octanol–water partition coefficient (Wildman–Crippen LogP) is 3.85. The maximum Gasteiger partial charge on any atom is 0.0839 e. The minimum atomic E-state index is 0.419. The van der Waals surface area contributed by atoms with Crippen LogP contribution in [-0.4, -0.2) is 9.78 Å². The fourth-order valence-electron chi connectivity index (χ4n) is 2.28. The molecule has 0 saturated heterocycles. The summed E-state index contributed by atoms with van der Waals surface area (Å²) in [6, 6.07) is 13.5. The molecule has 0 unspecified atom stereocenters. The average Bonchev–Trinajstić information content (AvgIpc) is 2.80. The summed E-state index contributed by atoms with van der Waals surface area (Å²) in [5.74, 6) is 0. The SMILES string of the molecule is NCc1nn(Cc2ccc(Cl)cc2Cl)c2ccccc12. The molecule has 1 heterocycles. The van der Waals surface area contributed by atoms with Crippen LogP contribution in [0.4, 0.5) is 0 Å². The number of para-hydroxylation sites is 1. The van der Waals surface area contributed by atoms with Crippen LogP contribution in [-0.2, 0) is 13.1 Å². The zero-order valence-electron chi connectivity index (χ0n) is 10.7. The van der Waals surface area contributed by atoms with Crippen molar-refractivity contribution in [3.05, 3.63) is 63.8 Å². The molecule has 0 amide bonds. The Bertz CT molecular complexity index is 765. The van der Waals surface area contributed by atoms with E-state index >= 15 is 0 Å². The van der Waals surface area contributed by atoms with Crippen molar-refractivity contribution in [3.63, 3.8) is 0 Å². The number of nitrogens with two attached hydrogens (primary N) is 1. The second-order valence-corrected chi connectivity index (χ2v) is 5.40. The molecule has 20 heavy (non-hydrogen) atoms. The van der Waals surface area contributed by atoms with Crippen LogP contribution in [0.2, 0.25) is 10.0 Å². The maximum atomic E-state index is 6.22. The van der Waals surface area contributed by atoms with Gasteiger partial charge in [0.2, 0.25) is 0 Å². The van der Waals surface area contributed by atoms with E-state index in [-0.39, 0.29) is 0 Å². The Morgan fingerprint density at radius 1 is 1.10 bits per heavy atom. The van der Waals surface area contributed by atoms with Crippen LogP contribution in [0.5, 0.6) is 0 Å². The minimum Gasteiger partial charge on any atom is -0.325 e. The molecule has 5 heteroatoms. The Labute approximate surface area is 126 Å². The number of hydrogen-bond acceptors (Lipinski definition) is 2. The first-order chi connectivity index (χ1) is 9.69. The van der Waals surface area contributed by atoms with E-state index in [1.54, 1.807) is 6.07 Å². The summed E-state index contributed by atoms with van der Waals surface area (Å²) in [7, 11) is 0. The van der Waals surface area contributed by atoms with E-state index in [9.17, 15) is 0 Å². The first-order valence-corrected chi connectivity index (χ1v) is 7.03. The van der Waals surface area contributed by atoms with Gasteiger partial charge in [-0.05, 0) is 23.8 Å². The van der Waals surface area contributed by atoms with Gasteiger partial charge in [0.05, 0.1) is 17.8 Å². The Morgan fingerprint density at radius 2 is 1.90 bits per heavy atom. The van der Waals surface area contributed by atoms with Crippen LogP contribution in [0.25, 0.3) is 10.9 Å². The van der Waals surface area contributed by atoms with E-state index in [0.29, 0.717) is 23.1 Å². The Morgan fingerprint density at radius 3 is 2.65 bits per heavy atom. The van der Waals surface area contributed by atoms with Crippen LogP contribution in [0.15, 0.2) is 42.5 Å². The van der Waals surface area contributed by atoms with Gasteiger partial charge in [-0.25, -0.2) is 0 Å². The summed E-state index contributed by atoms with van der Waals surface area (Å²) in [6.45, 7) is 1.01. The Hall–Kier alpha value is -1.55. The minimum absolute atomic E-state index is 0.419. The fraction of sp³-hybridized carbons (Fsp3) is 0.133. The van der Waals surface area contributed by atoms with Crippen molar-refractivity contribution in [1.82, 2.24) is 9.78 Å². The van der Waals surface area contributed by atoms with Gasteiger partial charge in [0, 0.05) is 22.0 Å². The zero-order valence-corrected chi connectivity index (χ0v) is 12.2. The first-order valence-electron chi connectivity index (χ1n) is 6.27. The Balaban J connectivity index is 2.06. The zero-order chi connectivity index (χ0) is 14.1. The summed E-state index contributed by atoms with van der Waals surface area (Å²) >= 11 is 12.1. The highest BCUT2D eigenvalue weighted by Crippen LogP contribution is 2.24. The molecule has 2 aromatic carbocycles. The van der Waals surface area contributed by atoms with Crippen LogP contribution in [0, 0.1) is 0 Å². The molecule has 0 aliphatic rings. The topological polar surface area (TPSA) is 43.8 Å². The largest absolute Gasteiger partial charge is 0.325 e. The van der Waals surface area contributed by atoms with Gasteiger partial charge >= 0.3 is 0 Å². The van der Waals surface area contributed by atoms with Gasteiger partial charge in [-0.15, -0.1) is 0 Å². The molecule has 3 aromatic rings. The third kappa shape index (κ3) is 2.40. The lowest BCUT2D eigenvalue weighted by Gasteiger charge is -2.06. The molecule has 0 fully saturated rings. The highest BCUT2D eigenvalue weighted by atomic mass is 35.5. The molecule has 0 aliphatic heterocycles. The maximum absolute atomic E-state index is 6.22. The van der Waals surface area contributed by atoms with E-state index in [1.165, 1.54) is 0 Å². The molecule has 2 N–H and O–H groups in total. The third-order valence-corrected chi connectivity index (χ3v) is 3.85. The number of fused-ring (bicyclic) bond motifs is 1. The molecule has 0 radical (unpaired) electrons. The number of halogens is 2. The number of rotatable bonds is 3. The first kappa shape index (κ1) is 13.4. The highest BCUT2D eigenvalue weighted by molar-refractivity contribution is 6.35. The quantitative estimate of drug-likeness (QED) is 0.798. The summed E-state index contributed by atoms with van der Waals surface area (Å²) in [5.41, 5.74) is 8.68. The molecule has 3 nitrogen and oxygen atoms in total. The van der Waals surface area contributed by atoms with E-state index in [0.717, 1.165) is 22.2 Å². The molecule has 1 aromatic heterocycles. The molecule has 3 rings (SSSR count). The molecule has 0 bridgehead atoms. The molecule has 0 saturated carbocycles. The van der Waals surface area contributed by atoms with Crippen molar-refractivity contribution in [1.29, 1.82) is 0 Å². The van der Waals surface area contributed by atoms with E-state index in [2.05, 4.69) is 5.10 Å². The number of aromatic nitrogens is 2. The highest BCUT2D eigenvalue weighted by Gasteiger charge is 2.10. The van der Waals surface area contributed by atoms with Crippen molar-refractivity contribution in [2.75, 3.05) is 0 Å². The molecular weight excluding hydrogens is 293 g/mol. The van der Waals surface area contributed by atoms with Crippen molar-refractivity contribution in [3.8, 4) is 0 Å². The molecule has 0 atom stereocenters. The van der Waals surface area contributed by atoms with E-state index < -0.39 is 0 Å². The lowest BCUT2D eigenvalue weighted by Crippen LogP contribution is -2.04. The van der Waals surface area contributed by atoms with Gasteiger partial charge in [0.15, 0.2) is 0 Å². The number of benzene rings is 2. The molecule has 102 valence electrons. The van der Waals surface area contributed by atoms with Crippen molar-refractivity contribution in [2.45, 2.75) is 13.1 Å². The molecule has 0 aliphatic carbocycles. The van der Waals surface area contributed by atoms with E-state index in [4.69, 9.17) is 28.9 Å². The van der Waals surface area contributed by atoms with Gasteiger partial charge in [-0.3, -0.25) is 4.68 Å². The van der Waals surface area contributed by atoms with E-state index in [1.807, 2.05) is 41.1 Å². The van der Waals surface area contributed by atoms with Crippen molar-refractivity contribution >= 4 is 34.1 Å². The van der Waals surface area contributed by atoms with Crippen LogP contribution in [0.1, 0.15) is 11.3 Å². The smallest absolute Gasteiger partial charge is 0.0839 e. The van der Waals surface area contributed by atoms with Gasteiger partial charge in [-0.2, -0.15) is 5.10 Å². The van der Waals surface area contributed by atoms with Crippen LogP contribution in [0.3, 0.4) is 0 Å². The van der Waals surface area contributed by atoms with Gasteiger partial charge in [-0.1, -0.05) is 47.5 Å². The fourth-order valence-corrected chi connectivity index (χ4v) is 2.75. The second kappa shape index (κ2) is 5.44. The Kier molecular flexibility index (Phi) is 3.66. The van der Waals surface area contributed by atoms with Crippen molar-refractivity contribution in [2.24, 2.45) is 5.73 Å². The molecule has 0 spiro atoms. The molecular formula is C15H13Cl2N3. The summed E-state index contributed by atoms with van der Waals surface area (Å²) < 4.78 is 1.92. The van der Waals surface area contributed by atoms with Gasteiger partial charge in [0.25, 0.3) is 0 Å². The number of nitrogens with zero attached hydrogens (tertiary/aromatic N) is 2. The lowest BCUT2D eigenvalue weighted by atomic mass is 10.2. The monoisotopic (exact) mass is 305 g/mol. The van der Waals surface area contributed by atoms with Gasteiger partial charge in [0.1, 0.15) is 0 Å². The standard InChI is InChI=1S/C15H13Cl2N3/c16-11-6-5-10(13(17)7-11)9-20-15-4-2-1-3-12(15)14(8-18)19-20/h1-7H,8-9,18H2. The number of hydrogen-bond donors (Lipinski definition) is 1. The predicted molar refractivity (Wildman–Crippen MR) is 83.2 cm³/mol. The summed E-state index contributed by atoms with van der Waals surface area (Å²) in [5, 5.41) is 6.93. The third-order valence-electron chi connectivity index (χ3n) is 3.26. The van der Waals surface area contributed by atoms with Crippen LogP contribution >= 0.6 is 23.2 Å². The second-order valence-electron chi connectivity index (χ2n) is 4.56. The summed E-state index contributed by atoms with van der Waals surface area (Å²) in [4.78, 5) is 0. The van der Waals surface area contributed by atoms with Gasteiger partial charge < -0.3 is 5.73 Å². The average molecular weight is 306 g/mol. The lowest BCUT2D eigenvalue weighted by molar-refractivity contribution is 0.694. The normalized spacial score (nSPS) is 11.2. The van der Waals surface area contributed by atoms with Crippen LogP contribution < -0.4 is 5.73 Å². The summed E-state index contributed by atoms with van der Waals surface area (Å²) in [6.07, 6.45) is 0. The van der Waals surface area contributed by atoms with Crippen molar-refractivity contribution < 1.29 is 0 Å².